The maximum atomic E-state index is 11.1. The third-order valence-electron chi connectivity index (χ3n) is 1.41. The average Bonchev–Trinajstić information content (AvgIpc) is 1.98. The number of carbonyl (C=O) groups is 2. The van der Waals surface area contributed by atoms with E-state index in [-0.39, 0.29) is 12.5 Å². The molecule has 5 heteroatoms. The van der Waals surface area contributed by atoms with E-state index in [1.807, 2.05) is 0 Å². The van der Waals surface area contributed by atoms with Crippen molar-refractivity contribution < 1.29 is 9.59 Å². The van der Waals surface area contributed by atoms with E-state index in [1.165, 1.54) is 4.90 Å². The zero-order valence-electron chi connectivity index (χ0n) is 7.46. The van der Waals surface area contributed by atoms with Crippen LogP contribution in [0.15, 0.2) is 0 Å². The summed E-state index contributed by atoms with van der Waals surface area (Å²) in [6, 6.07) is 0. The smallest absolute Gasteiger partial charge is 0.237 e. The first kappa shape index (κ1) is 10.9. The van der Waals surface area contributed by atoms with Gasteiger partial charge in [-0.2, -0.15) is 0 Å². The van der Waals surface area contributed by atoms with Crippen LogP contribution in [0.3, 0.4) is 0 Å². The largest absolute Gasteiger partial charge is 0.368 e. The molecule has 0 fully saturated rings. The topological polar surface area (TPSA) is 75.4 Å². The van der Waals surface area contributed by atoms with Crippen molar-refractivity contribution in [3.8, 4) is 0 Å². The lowest BCUT2D eigenvalue weighted by molar-refractivity contribution is -0.133. The van der Waals surface area contributed by atoms with Gasteiger partial charge in [0.15, 0.2) is 0 Å². The Morgan fingerprint density at radius 2 is 2.08 bits per heavy atom. The zero-order chi connectivity index (χ0) is 9.56. The Hall–Kier alpha value is -1.10. The Balaban J connectivity index is 3.69. The van der Waals surface area contributed by atoms with Gasteiger partial charge in [0, 0.05) is 20.0 Å². The van der Waals surface area contributed by atoms with E-state index in [4.69, 9.17) is 5.73 Å². The first-order valence-electron chi connectivity index (χ1n) is 3.74. The van der Waals surface area contributed by atoms with Gasteiger partial charge < -0.3 is 16.0 Å². The van der Waals surface area contributed by atoms with Gasteiger partial charge in [-0.05, 0) is 7.05 Å². The molecule has 12 heavy (non-hydrogen) atoms. The normalized spacial score (nSPS) is 9.50. The maximum Gasteiger partial charge on any atom is 0.237 e. The van der Waals surface area contributed by atoms with E-state index in [0.29, 0.717) is 13.0 Å². The summed E-state index contributed by atoms with van der Waals surface area (Å²) >= 11 is 0. The van der Waals surface area contributed by atoms with Crippen molar-refractivity contribution >= 4 is 11.8 Å². The number of rotatable bonds is 5. The Bertz CT molecular complexity index is 170. The Morgan fingerprint density at radius 3 is 2.50 bits per heavy atom. The van der Waals surface area contributed by atoms with Crippen LogP contribution in [0.1, 0.15) is 6.42 Å². The molecule has 0 saturated carbocycles. The Labute approximate surface area is 71.9 Å². The van der Waals surface area contributed by atoms with E-state index in [1.54, 1.807) is 14.1 Å². The number of likely N-dealkylation sites (N-methyl/N-ethyl adjacent to an activating group) is 1. The molecule has 0 heterocycles. The standard InChI is InChI=1S/C7H15N3O2/c1-9-4-3-7(12)10(2)5-6(8)11/h9H,3-5H2,1-2H3,(H2,8,11). The molecule has 5 nitrogen and oxygen atoms in total. The summed E-state index contributed by atoms with van der Waals surface area (Å²) in [5.74, 6) is -0.571. The average molecular weight is 173 g/mol. The first-order chi connectivity index (χ1) is 5.57. The molecule has 0 rings (SSSR count). The number of nitrogens with one attached hydrogen (secondary N) is 1. The van der Waals surface area contributed by atoms with E-state index in [9.17, 15) is 9.59 Å². The summed E-state index contributed by atoms with van der Waals surface area (Å²) in [6.07, 6.45) is 0.389. The van der Waals surface area contributed by atoms with Gasteiger partial charge in [0.25, 0.3) is 0 Å². The van der Waals surface area contributed by atoms with Crippen LogP contribution in [0, 0.1) is 0 Å². The third-order valence-corrected chi connectivity index (χ3v) is 1.41. The number of amides is 2. The van der Waals surface area contributed by atoms with Gasteiger partial charge in [0.2, 0.25) is 11.8 Å². The second kappa shape index (κ2) is 5.54. The van der Waals surface area contributed by atoms with Crippen LogP contribution in [0.4, 0.5) is 0 Å². The Morgan fingerprint density at radius 1 is 1.50 bits per heavy atom. The molecule has 0 atom stereocenters. The van der Waals surface area contributed by atoms with Crippen molar-refractivity contribution in [1.29, 1.82) is 0 Å². The molecule has 0 radical (unpaired) electrons. The van der Waals surface area contributed by atoms with Gasteiger partial charge in [0.1, 0.15) is 0 Å². The molecule has 0 unspecified atom stereocenters. The number of primary amides is 1. The minimum absolute atomic E-state index is 0.0114. The van der Waals surface area contributed by atoms with Crippen molar-refractivity contribution in [3.05, 3.63) is 0 Å². The Kier molecular flexibility index (Phi) is 5.03. The highest BCUT2D eigenvalue weighted by Gasteiger charge is 2.09. The fourth-order valence-electron chi connectivity index (χ4n) is 0.745. The summed E-state index contributed by atoms with van der Waals surface area (Å²) in [7, 11) is 3.32. The van der Waals surface area contributed by atoms with Gasteiger partial charge in [-0.15, -0.1) is 0 Å². The molecule has 0 aliphatic rings. The number of nitrogens with zero attached hydrogens (tertiary/aromatic N) is 1. The summed E-state index contributed by atoms with van der Waals surface area (Å²) in [4.78, 5) is 22.8. The molecule has 3 N–H and O–H groups in total. The minimum atomic E-state index is -0.490. The van der Waals surface area contributed by atoms with Gasteiger partial charge in [-0.25, -0.2) is 0 Å². The highest BCUT2D eigenvalue weighted by atomic mass is 16.2. The van der Waals surface area contributed by atoms with Gasteiger partial charge >= 0.3 is 0 Å². The van der Waals surface area contributed by atoms with E-state index in [2.05, 4.69) is 5.32 Å². The molecule has 0 aromatic rings. The molecule has 0 bridgehead atoms. The fourth-order valence-corrected chi connectivity index (χ4v) is 0.745. The molecule has 70 valence electrons. The van der Waals surface area contributed by atoms with Gasteiger partial charge in [-0.3, -0.25) is 9.59 Å². The second-order valence-corrected chi connectivity index (χ2v) is 2.57. The van der Waals surface area contributed by atoms with Crippen molar-refractivity contribution in [3.63, 3.8) is 0 Å². The van der Waals surface area contributed by atoms with Crippen molar-refractivity contribution in [2.45, 2.75) is 6.42 Å². The van der Waals surface area contributed by atoms with Crippen LogP contribution >= 0.6 is 0 Å². The first-order valence-corrected chi connectivity index (χ1v) is 3.74. The summed E-state index contributed by atoms with van der Waals surface area (Å²) < 4.78 is 0. The van der Waals surface area contributed by atoms with Crippen molar-refractivity contribution in [2.24, 2.45) is 5.73 Å². The second-order valence-electron chi connectivity index (χ2n) is 2.57. The van der Waals surface area contributed by atoms with Crippen molar-refractivity contribution in [2.75, 3.05) is 27.2 Å². The van der Waals surface area contributed by atoms with Crippen LogP contribution < -0.4 is 11.1 Å². The molecule has 0 aromatic heterocycles. The molecule has 0 saturated heterocycles. The summed E-state index contributed by atoms with van der Waals surface area (Å²) in [5.41, 5.74) is 4.91. The van der Waals surface area contributed by atoms with Crippen LogP contribution in [-0.4, -0.2) is 43.9 Å². The molecule has 0 spiro atoms. The lowest BCUT2D eigenvalue weighted by Gasteiger charge is -2.14. The summed E-state index contributed by atoms with van der Waals surface area (Å²) in [5, 5.41) is 2.84. The quantitative estimate of drug-likeness (QED) is 0.533. The van der Waals surface area contributed by atoms with E-state index >= 15 is 0 Å². The van der Waals surface area contributed by atoms with E-state index < -0.39 is 5.91 Å². The number of carbonyl (C=O) groups excluding carboxylic acids is 2. The predicted molar refractivity (Wildman–Crippen MR) is 45.4 cm³/mol. The van der Waals surface area contributed by atoms with Crippen LogP contribution in [-0.2, 0) is 9.59 Å². The monoisotopic (exact) mass is 173 g/mol. The molecule has 0 aromatic carbocycles. The molecular formula is C7H15N3O2. The molecule has 2 amide bonds. The molecular weight excluding hydrogens is 158 g/mol. The zero-order valence-corrected chi connectivity index (χ0v) is 7.46. The molecule has 0 aliphatic carbocycles. The third kappa shape index (κ3) is 4.68. The number of nitrogens with two attached hydrogens (primary N) is 1. The minimum Gasteiger partial charge on any atom is -0.368 e. The lowest BCUT2D eigenvalue weighted by atomic mass is 10.3. The van der Waals surface area contributed by atoms with Gasteiger partial charge in [0.05, 0.1) is 6.54 Å². The van der Waals surface area contributed by atoms with Crippen LogP contribution in [0.25, 0.3) is 0 Å². The fraction of sp³-hybridized carbons (Fsp3) is 0.714. The highest BCUT2D eigenvalue weighted by Crippen LogP contribution is 1.88. The van der Waals surface area contributed by atoms with Gasteiger partial charge in [-0.1, -0.05) is 0 Å². The molecule has 0 aliphatic heterocycles. The number of hydrogen-bond acceptors (Lipinski definition) is 3. The highest BCUT2D eigenvalue weighted by molar-refractivity contribution is 5.83. The number of hydrogen-bond donors (Lipinski definition) is 2. The van der Waals surface area contributed by atoms with Crippen LogP contribution in [0.5, 0.6) is 0 Å². The maximum absolute atomic E-state index is 11.1. The van der Waals surface area contributed by atoms with Crippen LogP contribution in [0.2, 0.25) is 0 Å². The predicted octanol–water partition coefficient (Wildman–Crippen LogP) is -1.46. The SMILES string of the molecule is CNCCC(=O)N(C)CC(N)=O. The van der Waals surface area contributed by atoms with E-state index in [0.717, 1.165) is 0 Å². The lowest BCUT2D eigenvalue weighted by Crippen LogP contribution is -2.36. The van der Waals surface area contributed by atoms with Crippen molar-refractivity contribution in [1.82, 2.24) is 10.2 Å². The summed E-state index contributed by atoms with van der Waals surface area (Å²) in [6.45, 7) is 0.602.